The molecule has 1 aliphatic rings. The highest BCUT2D eigenvalue weighted by atomic mass is 16.2. The Morgan fingerprint density at radius 2 is 2.24 bits per heavy atom. The first kappa shape index (κ1) is 16.0. The molecule has 0 spiro atoms. The summed E-state index contributed by atoms with van der Waals surface area (Å²) in [4.78, 5) is 14.6. The summed E-state index contributed by atoms with van der Waals surface area (Å²) in [6, 6.07) is 0.442. The molecule has 1 aromatic rings. The number of likely N-dealkylation sites (N-methyl/N-ethyl adjacent to an activating group) is 1. The van der Waals surface area contributed by atoms with Crippen molar-refractivity contribution >= 4 is 11.6 Å². The van der Waals surface area contributed by atoms with E-state index in [9.17, 15) is 4.79 Å². The van der Waals surface area contributed by atoms with Crippen LogP contribution in [0, 0.1) is 19.8 Å². The summed E-state index contributed by atoms with van der Waals surface area (Å²) < 4.78 is 0. The van der Waals surface area contributed by atoms with Gasteiger partial charge in [0.2, 0.25) is 5.91 Å². The van der Waals surface area contributed by atoms with Gasteiger partial charge in [0.05, 0.1) is 23.6 Å². The molecule has 0 saturated heterocycles. The van der Waals surface area contributed by atoms with Crippen LogP contribution in [0.5, 0.6) is 0 Å². The molecule has 0 aromatic carbocycles. The number of carbonyl (C=O) groups excluding carboxylic acids is 1. The van der Waals surface area contributed by atoms with Crippen LogP contribution in [0.1, 0.15) is 37.6 Å². The predicted octanol–water partition coefficient (Wildman–Crippen LogP) is 1.41. The Hall–Kier alpha value is -1.40. The molecule has 118 valence electrons. The first-order valence-electron chi connectivity index (χ1n) is 7.82. The fourth-order valence-electron chi connectivity index (χ4n) is 3.33. The number of anilines is 1. The predicted molar refractivity (Wildman–Crippen MR) is 84.1 cm³/mol. The van der Waals surface area contributed by atoms with E-state index in [1.54, 1.807) is 0 Å². The van der Waals surface area contributed by atoms with Crippen LogP contribution in [0.15, 0.2) is 0 Å². The van der Waals surface area contributed by atoms with Crippen LogP contribution in [-0.4, -0.2) is 46.7 Å². The second kappa shape index (κ2) is 7.04. The van der Waals surface area contributed by atoms with E-state index < -0.39 is 0 Å². The molecule has 1 aromatic heterocycles. The van der Waals surface area contributed by atoms with Gasteiger partial charge in [0.25, 0.3) is 0 Å². The molecule has 0 bridgehead atoms. The Kier molecular flexibility index (Phi) is 5.36. The van der Waals surface area contributed by atoms with Gasteiger partial charge in [-0.25, -0.2) is 0 Å². The molecule has 6 nitrogen and oxygen atoms in total. The molecule has 0 aliphatic heterocycles. The lowest BCUT2D eigenvalue weighted by Gasteiger charge is -2.31. The number of amides is 1. The third-order valence-corrected chi connectivity index (χ3v) is 4.54. The zero-order valence-electron chi connectivity index (χ0n) is 13.3. The number of rotatable bonds is 6. The van der Waals surface area contributed by atoms with Crippen LogP contribution in [0.2, 0.25) is 0 Å². The average molecular weight is 293 g/mol. The highest BCUT2D eigenvalue weighted by molar-refractivity contribution is 5.93. The molecule has 0 radical (unpaired) electrons. The summed E-state index contributed by atoms with van der Waals surface area (Å²) in [5.41, 5.74) is 8.38. The van der Waals surface area contributed by atoms with Gasteiger partial charge >= 0.3 is 0 Å². The summed E-state index contributed by atoms with van der Waals surface area (Å²) in [6.07, 6.45) is 3.54. The normalized spacial score (nSPS) is 22.0. The van der Waals surface area contributed by atoms with Crippen LogP contribution in [-0.2, 0) is 4.79 Å². The summed E-state index contributed by atoms with van der Waals surface area (Å²) >= 11 is 0. The highest BCUT2D eigenvalue weighted by Crippen LogP contribution is 2.29. The van der Waals surface area contributed by atoms with Gasteiger partial charge in [0.1, 0.15) is 0 Å². The van der Waals surface area contributed by atoms with Gasteiger partial charge in [-0.05, 0) is 45.7 Å². The third kappa shape index (κ3) is 3.63. The second-order valence-corrected chi connectivity index (χ2v) is 5.91. The maximum absolute atomic E-state index is 12.3. The molecular formula is C15H27N5O. The molecule has 1 heterocycles. The van der Waals surface area contributed by atoms with Crippen molar-refractivity contribution in [2.45, 2.75) is 46.1 Å². The molecule has 1 saturated carbocycles. The van der Waals surface area contributed by atoms with Crippen molar-refractivity contribution in [3.8, 4) is 0 Å². The van der Waals surface area contributed by atoms with Gasteiger partial charge in [-0.1, -0.05) is 13.3 Å². The smallest absolute Gasteiger partial charge is 0.238 e. The highest BCUT2D eigenvalue weighted by Gasteiger charge is 2.31. The minimum Gasteiger partial charge on any atom is -0.330 e. The lowest BCUT2D eigenvalue weighted by Crippen LogP contribution is -2.44. The fourth-order valence-corrected chi connectivity index (χ4v) is 3.33. The number of nitrogens with two attached hydrogens (primary N) is 1. The molecule has 1 aliphatic carbocycles. The van der Waals surface area contributed by atoms with E-state index in [4.69, 9.17) is 5.73 Å². The van der Waals surface area contributed by atoms with Gasteiger partial charge in [0, 0.05) is 6.04 Å². The van der Waals surface area contributed by atoms with Gasteiger partial charge in [-0.2, -0.15) is 5.10 Å². The molecule has 6 heteroatoms. The SMILES string of the molecule is CCN(CC(=O)Nc1c(C)n[nH]c1C)C1CCCC1CN. The minimum absolute atomic E-state index is 0.0205. The van der Waals surface area contributed by atoms with Crippen LogP contribution in [0.3, 0.4) is 0 Å². The van der Waals surface area contributed by atoms with Crippen LogP contribution >= 0.6 is 0 Å². The summed E-state index contributed by atoms with van der Waals surface area (Å²) in [7, 11) is 0. The van der Waals surface area contributed by atoms with E-state index in [-0.39, 0.29) is 5.91 Å². The fraction of sp³-hybridized carbons (Fsp3) is 0.733. The standard InChI is InChI=1S/C15H27N5O/c1-4-20(13-7-5-6-12(13)8-16)9-14(21)17-15-10(2)18-19-11(15)3/h12-13H,4-9,16H2,1-3H3,(H,17,21)(H,18,19). The van der Waals surface area contributed by atoms with E-state index in [2.05, 4.69) is 27.3 Å². The van der Waals surface area contributed by atoms with Gasteiger partial charge in [0.15, 0.2) is 0 Å². The molecule has 2 rings (SSSR count). The molecular weight excluding hydrogens is 266 g/mol. The average Bonchev–Trinajstić information content (AvgIpc) is 3.06. The van der Waals surface area contributed by atoms with Crippen LogP contribution < -0.4 is 11.1 Å². The zero-order chi connectivity index (χ0) is 15.4. The Bertz CT molecular complexity index is 465. The van der Waals surface area contributed by atoms with Crippen molar-refractivity contribution in [2.24, 2.45) is 11.7 Å². The number of carbonyl (C=O) groups is 1. The first-order chi connectivity index (χ1) is 10.1. The Morgan fingerprint density at radius 1 is 1.48 bits per heavy atom. The molecule has 1 fully saturated rings. The Morgan fingerprint density at radius 3 is 2.81 bits per heavy atom. The molecule has 1 amide bonds. The number of aryl methyl sites for hydroxylation is 2. The molecule has 2 atom stereocenters. The number of aromatic nitrogens is 2. The largest absolute Gasteiger partial charge is 0.330 e. The third-order valence-electron chi connectivity index (χ3n) is 4.54. The maximum Gasteiger partial charge on any atom is 0.238 e. The van der Waals surface area contributed by atoms with Crippen molar-refractivity contribution < 1.29 is 4.79 Å². The topological polar surface area (TPSA) is 87.0 Å². The number of nitrogens with zero attached hydrogens (tertiary/aromatic N) is 2. The quantitative estimate of drug-likeness (QED) is 0.740. The van der Waals surface area contributed by atoms with Gasteiger partial charge in [-0.3, -0.25) is 14.8 Å². The van der Waals surface area contributed by atoms with Crippen LogP contribution in [0.25, 0.3) is 0 Å². The first-order valence-corrected chi connectivity index (χ1v) is 7.82. The molecule has 4 N–H and O–H groups in total. The number of hydrogen-bond donors (Lipinski definition) is 3. The number of H-pyrrole nitrogens is 1. The van der Waals surface area contributed by atoms with E-state index in [0.29, 0.717) is 25.0 Å². The zero-order valence-corrected chi connectivity index (χ0v) is 13.3. The summed E-state index contributed by atoms with van der Waals surface area (Å²) in [5.74, 6) is 0.544. The lowest BCUT2D eigenvalue weighted by atomic mass is 10.0. The van der Waals surface area contributed by atoms with Crippen LogP contribution in [0.4, 0.5) is 5.69 Å². The number of hydrogen-bond acceptors (Lipinski definition) is 4. The lowest BCUT2D eigenvalue weighted by molar-refractivity contribution is -0.118. The van der Waals surface area contributed by atoms with Crippen molar-refractivity contribution in [3.05, 3.63) is 11.4 Å². The van der Waals surface area contributed by atoms with Crippen molar-refractivity contribution in [1.82, 2.24) is 15.1 Å². The minimum atomic E-state index is 0.0205. The van der Waals surface area contributed by atoms with Crippen molar-refractivity contribution in [2.75, 3.05) is 25.0 Å². The van der Waals surface area contributed by atoms with Gasteiger partial charge in [-0.15, -0.1) is 0 Å². The summed E-state index contributed by atoms with van der Waals surface area (Å²) in [6.45, 7) is 7.91. The Labute approximate surface area is 126 Å². The maximum atomic E-state index is 12.3. The van der Waals surface area contributed by atoms with E-state index in [1.165, 1.54) is 12.8 Å². The Balaban J connectivity index is 1.97. The molecule has 2 unspecified atom stereocenters. The van der Waals surface area contributed by atoms with Crippen molar-refractivity contribution in [1.29, 1.82) is 0 Å². The number of aromatic amines is 1. The summed E-state index contributed by atoms with van der Waals surface area (Å²) in [5, 5.41) is 9.96. The van der Waals surface area contributed by atoms with E-state index in [0.717, 1.165) is 30.0 Å². The number of nitrogens with one attached hydrogen (secondary N) is 2. The van der Waals surface area contributed by atoms with E-state index in [1.807, 2.05) is 13.8 Å². The van der Waals surface area contributed by atoms with E-state index >= 15 is 0 Å². The second-order valence-electron chi connectivity index (χ2n) is 5.91. The van der Waals surface area contributed by atoms with Crippen molar-refractivity contribution in [3.63, 3.8) is 0 Å². The van der Waals surface area contributed by atoms with Gasteiger partial charge < -0.3 is 11.1 Å². The molecule has 21 heavy (non-hydrogen) atoms. The monoisotopic (exact) mass is 293 g/mol.